The number of halogens is 2. The third kappa shape index (κ3) is 7.20. The maximum Gasteiger partial charge on any atom is 0.306 e. The van der Waals surface area contributed by atoms with E-state index >= 15 is 0 Å². The van der Waals surface area contributed by atoms with E-state index in [-0.39, 0.29) is 23.5 Å². The van der Waals surface area contributed by atoms with Gasteiger partial charge < -0.3 is 9.47 Å². The van der Waals surface area contributed by atoms with Crippen LogP contribution in [0.5, 0.6) is 11.5 Å². The van der Waals surface area contributed by atoms with E-state index in [4.69, 9.17) is 32.7 Å². The zero-order chi connectivity index (χ0) is 18.3. The normalized spacial score (nSPS) is 10.9. The molecule has 2 aromatic carbocycles. The van der Waals surface area contributed by atoms with E-state index in [9.17, 15) is 4.79 Å². The van der Waals surface area contributed by atoms with E-state index in [0.29, 0.717) is 5.75 Å². The van der Waals surface area contributed by atoms with E-state index in [2.05, 4.69) is 0 Å². The molecule has 0 unspecified atom stereocenters. The van der Waals surface area contributed by atoms with Crippen LogP contribution in [0.15, 0.2) is 65.2 Å². The second-order valence-electron chi connectivity index (χ2n) is 6.32. The summed E-state index contributed by atoms with van der Waals surface area (Å²) in [6, 6.07) is 16.9. The first kappa shape index (κ1) is 19.4. The average molecular weight is 379 g/mol. The Hall–Kier alpha value is -1.97. The summed E-state index contributed by atoms with van der Waals surface area (Å²) in [7, 11) is 0. The highest BCUT2D eigenvalue weighted by molar-refractivity contribution is 6.55. The topological polar surface area (TPSA) is 35.5 Å². The summed E-state index contributed by atoms with van der Waals surface area (Å²) >= 11 is 11.3. The molecule has 0 aliphatic rings. The predicted octanol–water partition coefficient (Wildman–Crippen LogP) is 6.26. The minimum atomic E-state index is -0.464. The number of para-hydroxylation sites is 1. The molecule has 0 fully saturated rings. The Kier molecular flexibility index (Phi) is 6.91. The van der Waals surface area contributed by atoms with Gasteiger partial charge in [0.2, 0.25) is 0 Å². The predicted molar refractivity (Wildman–Crippen MR) is 101 cm³/mol. The first-order valence-corrected chi connectivity index (χ1v) is 8.61. The van der Waals surface area contributed by atoms with Gasteiger partial charge in [-0.05, 0) is 41.3 Å². The summed E-state index contributed by atoms with van der Waals surface area (Å²) in [6.45, 7) is 3.92. The lowest BCUT2D eigenvalue weighted by atomic mass is 9.90. The van der Waals surface area contributed by atoms with Crippen molar-refractivity contribution in [3.63, 3.8) is 0 Å². The van der Waals surface area contributed by atoms with Crippen LogP contribution in [-0.4, -0.2) is 5.97 Å². The maximum atomic E-state index is 12.0. The Balaban J connectivity index is 1.92. The van der Waals surface area contributed by atoms with Crippen molar-refractivity contribution >= 4 is 29.2 Å². The SMILES string of the molecule is CC(C)(C=C(Cl)Cl)CC(=O)OCc1cccc(Oc2ccccc2)c1. The van der Waals surface area contributed by atoms with E-state index in [1.807, 2.05) is 68.4 Å². The number of carbonyl (C=O) groups excluding carboxylic acids is 1. The molecule has 0 heterocycles. The van der Waals surface area contributed by atoms with Crippen LogP contribution in [0.4, 0.5) is 0 Å². The van der Waals surface area contributed by atoms with Crippen molar-refractivity contribution in [3.8, 4) is 11.5 Å². The van der Waals surface area contributed by atoms with Gasteiger partial charge in [-0.3, -0.25) is 4.79 Å². The number of carbonyl (C=O) groups is 1. The summed E-state index contributed by atoms with van der Waals surface area (Å²) < 4.78 is 11.3. The van der Waals surface area contributed by atoms with Crippen LogP contribution in [0.3, 0.4) is 0 Å². The largest absolute Gasteiger partial charge is 0.461 e. The van der Waals surface area contributed by atoms with E-state index in [1.54, 1.807) is 6.08 Å². The average Bonchev–Trinajstić information content (AvgIpc) is 2.52. The number of allylic oxidation sites excluding steroid dienone is 1. The second kappa shape index (κ2) is 8.93. The number of ether oxygens (including phenoxy) is 2. The summed E-state index contributed by atoms with van der Waals surface area (Å²) in [5, 5.41) is 0. The molecule has 0 saturated heterocycles. The first-order valence-electron chi connectivity index (χ1n) is 7.85. The molecule has 0 atom stereocenters. The number of esters is 1. The third-order valence-corrected chi connectivity index (χ3v) is 3.60. The standard InChI is InChI=1S/C20H20Cl2O3/c1-20(2,12-18(21)22)13-19(23)24-14-15-7-6-10-17(11-15)25-16-8-4-3-5-9-16/h3-12H,13-14H2,1-2H3. The van der Waals surface area contributed by atoms with Gasteiger partial charge >= 0.3 is 5.97 Å². The minimum absolute atomic E-state index is 0.142. The molecule has 0 aromatic heterocycles. The lowest BCUT2D eigenvalue weighted by molar-refractivity contribution is -0.146. The van der Waals surface area contributed by atoms with E-state index in [0.717, 1.165) is 11.3 Å². The van der Waals surface area contributed by atoms with Crippen molar-refractivity contribution in [1.82, 2.24) is 0 Å². The van der Waals surface area contributed by atoms with Gasteiger partial charge in [-0.15, -0.1) is 0 Å². The molecule has 25 heavy (non-hydrogen) atoms. The summed E-state index contributed by atoms with van der Waals surface area (Å²) in [4.78, 5) is 12.0. The highest BCUT2D eigenvalue weighted by atomic mass is 35.5. The van der Waals surface area contributed by atoms with Crippen molar-refractivity contribution in [2.45, 2.75) is 26.9 Å². The molecular weight excluding hydrogens is 359 g/mol. The van der Waals surface area contributed by atoms with Crippen LogP contribution in [0, 0.1) is 5.41 Å². The zero-order valence-electron chi connectivity index (χ0n) is 14.2. The Morgan fingerprint density at radius 1 is 1.04 bits per heavy atom. The molecule has 0 spiro atoms. The van der Waals surface area contributed by atoms with Gasteiger partial charge in [-0.2, -0.15) is 0 Å². The number of rotatable bonds is 7. The first-order chi connectivity index (χ1) is 11.8. The van der Waals surface area contributed by atoms with Crippen LogP contribution < -0.4 is 4.74 Å². The molecule has 0 amide bonds. The Bertz CT molecular complexity index is 736. The molecule has 0 bridgehead atoms. The maximum absolute atomic E-state index is 12.0. The summed E-state index contributed by atoms with van der Waals surface area (Å²) in [6.07, 6.45) is 1.82. The molecule has 2 rings (SSSR count). The van der Waals surface area contributed by atoms with Gasteiger partial charge in [0, 0.05) is 0 Å². The molecule has 2 aromatic rings. The van der Waals surface area contributed by atoms with Crippen molar-refractivity contribution in [3.05, 3.63) is 70.7 Å². The molecule has 5 heteroatoms. The fourth-order valence-electron chi connectivity index (χ4n) is 2.26. The van der Waals surface area contributed by atoms with Gasteiger partial charge in [-0.1, -0.05) is 67.4 Å². The van der Waals surface area contributed by atoms with Gasteiger partial charge in [0.15, 0.2) is 0 Å². The van der Waals surface area contributed by atoms with Crippen LogP contribution in [0.1, 0.15) is 25.8 Å². The molecule has 0 aliphatic carbocycles. The summed E-state index contributed by atoms with van der Waals surface area (Å²) in [5.41, 5.74) is 0.388. The lowest BCUT2D eigenvalue weighted by Gasteiger charge is -2.19. The molecule has 0 N–H and O–H groups in total. The minimum Gasteiger partial charge on any atom is -0.461 e. The quantitative estimate of drug-likeness (QED) is 0.533. The van der Waals surface area contributed by atoms with E-state index in [1.165, 1.54) is 0 Å². The van der Waals surface area contributed by atoms with Crippen LogP contribution in [0.2, 0.25) is 0 Å². The van der Waals surface area contributed by atoms with Crippen molar-refractivity contribution in [2.24, 2.45) is 5.41 Å². The van der Waals surface area contributed by atoms with Crippen molar-refractivity contribution in [2.75, 3.05) is 0 Å². The highest BCUT2D eigenvalue weighted by Crippen LogP contribution is 2.27. The van der Waals surface area contributed by atoms with Crippen LogP contribution in [0.25, 0.3) is 0 Å². The third-order valence-electron chi connectivity index (χ3n) is 3.38. The smallest absolute Gasteiger partial charge is 0.306 e. The van der Waals surface area contributed by atoms with E-state index < -0.39 is 5.41 Å². The van der Waals surface area contributed by atoms with Gasteiger partial charge in [0.05, 0.1) is 6.42 Å². The molecule has 0 aliphatic heterocycles. The lowest BCUT2D eigenvalue weighted by Crippen LogP contribution is -2.16. The monoisotopic (exact) mass is 378 g/mol. The molecular formula is C20H20Cl2O3. The van der Waals surface area contributed by atoms with Crippen LogP contribution in [-0.2, 0) is 16.1 Å². The van der Waals surface area contributed by atoms with Crippen molar-refractivity contribution < 1.29 is 14.3 Å². The fraction of sp³-hybridized carbons (Fsp3) is 0.250. The fourth-order valence-corrected chi connectivity index (χ4v) is 2.85. The van der Waals surface area contributed by atoms with Gasteiger partial charge in [-0.25, -0.2) is 0 Å². The summed E-state index contributed by atoms with van der Waals surface area (Å²) in [5.74, 6) is 1.13. The Labute approximate surface area is 158 Å². The molecule has 0 saturated carbocycles. The zero-order valence-corrected chi connectivity index (χ0v) is 15.7. The molecule has 0 radical (unpaired) electrons. The second-order valence-corrected chi connectivity index (χ2v) is 7.33. The number of benzene rings is 2. The van der Waals surface area contributed by atoms with Crippen LogP contribution >= 0.6 is 23.2 Å². The Morgan fingerprint density at radius 3 is 2.40 bits per heavy atom. The highest BCUT2D eigenvalue weighted by Gasteiger charge is 2.21. The number of hydrogen-bond donors (Lipinski definition) is 0. The Morgan fingerprint density at radius 2 is 1.72 bits per heavy atom. The number of hydrogen-bond acceptors (Lipinski definition) is 3. The van der Waals surface area contributed by atoms with Crippen molar-refractivity contribution in [1.29, 1.82) is 0 Å². The van der Waals surface area contributed by atoms with Gasteiger partial charge in [0.1, 0.15) is 22.6 Å². The molecule has 3 nitrogen and oxygen atoms in total. The molecule has 132 valence electrons. The van der Waals surface area contributed by atoms with Gasteiger partial charge in [0.25, 0.3) is 0 Å².